The van der Waals surface area contributed by atoms with Crippen molar-refractivity contribution in [3.63, 3.8) is 0 Å². The minimum atomic E-state index is -1.24. The second kappa shape index (κ2) is 7.75. The molecule has 0 aliphatic heterocycles. The van der Waals surface area contributed by atoms with Crippen molar-refractivity contribution in [2.24, 2.45) is 5.10 Å². The first-order valence-electron chi connectivity index (χ1n) is 7.79. The molecule has 2 N–H and O–H groups in total. The number of hydrazone groups is 1. The maximum absolute atomic E-state index is 12.1. The highest BCUT2D eigenvalue weighted by atomic mass is 32.1. The first kappa shape index (κ1) is 17.6. The van der Waals surface area contributed by atoms with Gasteiger partial charge in [0.25, 0.3) is 5.91 Å². The quantitative estimate of drug-likeness (QED) is 0.508. The van der Waals surface area contributed by atoms with Crippen molar-refractivity contribution >= 4 is 44.8 Å². The molecule has 0 saturated heterocycles. The number of carbonyl (C=O) groups is 2. The molecule has 1 atom stereocenters. The molecule has 0 fully saturated rings. The summed E-state index contributed by atoms with van der Waals surface area (Å²) in [5.41, 5.74) is 4.06. The zero-order valence-electron chi connectivity index (χ0n) is 13.8. The van der Waals surface area contributed by atoms with Gasteiger partial charge in [-0.3, -0.25) is 4.79 Å². The van der Waals surface area contributed by atoms with E-state index >= 15 is 0 Å². The van der Waals surface area contributed by atoms with Crippen molar-refractivity contribution in [1.82, 2.24) is 10.4 Å². The third-order valence-corrected chi connectivity index (χ3v) is 4.53. The molecular weight excluding hydrogens is 352 g/mol. The highest BCUT2D eigenvalue weighted by molar-refractivity contribution is 7.22. The number of carboxylic acid groups (broad SMARTS) is 1. The van der Waals surface area contributed by atoms with E-state index in [1.165, 1.54) is 29.7 Å². The Bertz CT molecular complexity index is 933. The van der Waals surface area contributed by atoms with Crippen LogP contribution in [0.4, 0.5) is 5.13 Å². The van der Waals surface area contributed by atoms with E-state index in [2.05, 4.69) is 20.8 Å². The number of hydrogen-bond donors (Lipinski definition) is 2. The fourth-order valence-corrected chi connectivity index (χ4v) is 3.11. The van der Waals surface area contributed by atoms with Crippen molar-refractivity contribution in [2.45, 2.75) is 13.0 Å². The average Bonchev–Trinajstić information content (AvgIpc) is 3.04. The third kappa shape index (κ3) is 4.22. The Labute approximate surface area is 153 Å². The number of carboxylic acids is 1. The number of thiazole rings is 1. The van der Waals surface area contributed by atoms with Gasteiger partial charge in [-0.2, -0.15) is 5.10 Å². The maximum atomic E-state index is 12.1. The zero-order valence-corrected chi connectivity index (χ0v) is 14.6. The van der Waals surface area contributed by atoms with E-state index in [9.17, 15) is 14.7 Å². The van der Waals surface area contributed by atoms with Crippen molar-refractivity contribution in [1.29, 1.82) is 0 Å². The van der Waals surface area contributed by atoms with Crippen LogP contribution in [0, 0.1) is 0 Å². The lowest BCUT2D eigenvalue weighted by Gasteiger charge is -2.10. The number of aromatic nitrogens is 1. The van der Waals surface area contributed by atoms with Crippen LogP contribution in [0.5, 0.6) is 0 Å². The zero-order chi connectivity index (χ0) is 18.5. The summed E-state index contributed by atoms with van der Waals surface area (Å²) in [4.78, 5) is 27.2. The number of para-hydroxylation sites is 1. The van der Waals surface area contributed by atoms with Crippen molar-refractivity contribution in [3.05, 3.63) is 59.7 Å². The lowest BCUT2D eigenvalue weighted by atomic mass is 10.1. The number of rotatable bonds is 6. The standard InChI is InChI=1S/C18H16N4O3S/c1-11(20-18-21-14-4-2-3-5-15(14)26-18)16(23)22-19-10-12-6-8-13(9-7-12)17(24)25/h2-11H,1H3,(H,20,21)(H,22,23)(H,24,25)/p-1/b19-10-/t11-/m1/s1. The molecule has 0 unspecified atom stereocenters. The summed E-state index contributed by atoms with van der Waals surface area (Å²) in [7, 11) is 0. The van der Waals surface area contributed by atoms with Gasteiger partial charge in [-0.1, -0.05) is 47.7 Å². The number of hydrogen-bond acceptors (Lipinski definition) is 7. The fraction of sp³-hybridized carbons (Fsp3) is 0.111. The summed E-state index contributed by atoms with van der Waals surface area (Å²) in [6.45, 7) is 1.71. The van der Waals surface area contributed by atoms with E-state index in [0.29, 0.717) is 10.7 Å². The topological polar surface area (TPSA) is 107 Å². The molecule has 0 aliphatic carbocycles. The van der Waals surface area contributed by atoms with Gasteiger partial charge >= 0.3 is 0 Å². The summed E-state index contributed by atoms with van der Waals surface area (Å²) in [5, 5.41) is 18.3. The van der Waals surface area contributed by atoms with E-state index in [0.717, 1.165) is 10.2 Å². The van der Waals surface area contributed by atoms with Gasteiger partial charge in [-0.05, 0) is 30.2 Å². The highest BCUT2D eigenvalue weighted by Gasteiger charge is 2.14. The first-order valence-corrected chi connectivity index (χ1v) is 8.61. The van der Waals surface area contributed by atoms with E-state index in [4.69, 9.17) is 0 Å². The Balaban J connectivity index is 1.55. The van der Waals surface area contributed by atoms with E-state index in [1.807, 2.05) is 24.3 Å². The molecule has 1 heterocycles. The summed E-state index contributed by atoms with van der Waals surface area (Å²) in [6.07, 6.45) is 1.43. The molecule has 0 bridgehead atoms. The summed E-state index contributed by atoms with van der Waals surface area (Å²) in [6, 6.07) is 13.2. The molecule has 7 nitrogen and oxygen atoms in total. The van der Waals surface area contributed by atoms with Crippen LogP contribution < -0.4 is 15.8 Å². The van der Waals surface area contributed by atoms with Gasteiger partial charge in [0.15, 0.2) is 5.13 Å². The van der Waals surface area contributed by atoms with Gasteiger partial charge in [0.2, 0.25) is 0 Å². The number of fused-ring (bicyclic) bond motifs is 1. The predicted octanol–water partition coefficient (Wildman–Crippen LogP) is 1.61. The predicted molar refractivity (Wildman–Crippen MR) is 99.2 cm³/mol. The summed E-state index contributed by atoms with van der Waals surface area (Å²) >= 11 is 1.47. The van der Waals surface area contributed by atoms with Crippen LogP contribution in [0.15, 0.2) is 53.6 Å². The van der Waals surface area contributed by atoms with E-state index < -0.39 is 12.0 Å². The second-order valence-corrected chi connectivity index (χ2v) is 6.53. The number of anilines is 1. The van der Waals surface area contributed by atoms with Gasteiger partial charge in [-0.15, -0.1) is 0 Å². The molecular formula is C18H15N4O3S-. The maximum Gasteiger partial charge on any atom is 0.262 e. The third-order valence-electron chi connectivity index (χ3n) is 3.56. The molecule has 8 heteroatoms. The molecule has 3 aromatic rings. The molecule has 0 saturated carbocycles. The van der Waals surface area contributed by atoms with Crippen LogP contribution in [0.25, 0.3) is 10.2 Å². The van der Waals surface area contributed by atoms with Crippen molar-refractivity contribution in [3.8, 4) is 0 Å². The van der Waals surface area contributed by atoms with Crippen LogP contribution in [0.2, 0.25) is 0 Å². The van der Waals surface area contributed by atoms with Gasteiger partial charge in [-0.25, -0.2) is 10.4 Å². The number of aromatic carboxylic acids is 1. The second-order valence-electron chi connectivity index (χ2n) is 5.50. The van der Waals surface area contributed by atoms with Crippen LogP contribution in [-0.2, 0) is 4.79 Å². The molecule has 2 aromatic carbocycles. The highest BCUT2D eigenvalue weighted by Crippen LogP contribution is 2.25. The lowest BCUT2D eigenvalue weighted by Crippen LogP contribution is -2.34. The summed E-state index contributed by atoms with van der Waals surface area (Å²) in [5.74, 6) is -1.55. The number of amides is 1. The Morgan fingerprint density at radius 2 is 1.92 bits per heavy atom. The average molecular weight is 367 g/mol. The molecule has 0 aliphatic rings. The minimum absolute atomic E-state index is 0.0832. The number of carbonyl (C=O) groups excluding carboxylic acids is 2. The molecule has 1 aromatic heterocycles. The monoisotopic (exact) mass is 367 g/mol. The first-order chi connectivity index (χ1) is 12.5. The van der Waals surface area contributed by atoms with E-state index in [-0.39, 0.29) is 11.5 Å². The van der Waals surface area contributed by atoms with E-state index in [1.54, 1.807) is 19.1 Å². The van der Waals surface area contributed by atoms with Crippen LogP contribution in [-0.4, -0.2) is 29.1 Å². The number of benzene rings is 2. The molecule has 26 heavy (non-hydrogen) atoms. The molecule has 1 amide bonds. The number of nitrogens with zero attached hydrogens (tertiary/aromatic N) is 2. The van der Waals surface area contributed by atoms with Gasteiger partial charge in [0, 0.05) is 0 Å². The Kier molecular flexibility index (Phi) is 5.23. The number of nitrogens with one attached hydrogen (secondary N) is 2. The van der Waals surface area contributed by atoms with Gasteiger partial charge in [0.05, 0.1) is 22.4 Å². The van der Waals surface area contributed by atoms with Crippen LogP contribution in [0.3, 0.4) is 0 Å². The van der Waals surface area contributed by atoms with Crippen molar-refractivity contribution in [2.75, 3.05) is 5.32 Å². The Morgan fingerprint density at radius 1 is 1.19 bits per heavy atom. The summed E-state index contributed by atoms with van der Waals surface area (Å²) < 4.78 is 1.04. The fourth-order valence-electron chi connectivity index (χ4n) is 2.16. The van der Waals surface area contributed by atoms with Gasteiger partial charge < -0.3 is 15.2 Å². The smallest absolute Gasteiger partial charge is 0.262 e. The van der Waals surface area contributed by atoms with Gasteiger partial charge in [0.1, 0.15) is 6.04 Å². The molecule has 0 radical (unpaired) electrons. The Hall–Kier alpha value is -3.26. The van der Waals surface area contributed by atoms with Crippen LogP contribution in [0.1, 0.15) is 22.8 Å². The molecule has 132 valence electrons. The normalized spacial score (nSPS) is 12.2. The minimum Gasteiger partial charge on any atom is -0.545 e. The lowest BCUT2D eigenvalue weighted by molar-refractivity contribution is -0.255. The van der Waals surface area contributed by atoms with Crippen LogP contribution >= 0.6 is 11.3 Å². The van der Waals surface area contributed by atoms with Crippen molar-refractivity contribution < 1.29 is 14.7 Å². The molecule has 3 rings (SSSR count). The molecule has 0 spiro atoms. The largest absolute Gasteiger partial charge is 0.545 e. The SMILES string of the molecule is C[C@@H](Nc1nc2ccccc2s1)C(=O)N/N=C\c1ccc(C(=O)[O-])cc1. The Morgan fingerprint density at radius 3 is 2.62 bits per heavy atom.